The molecule has 180 valence electrons. The number of esters is 1. The fourth-order valence-electron chi connectivity index (χ4n) is 4.04. The molecule has 1 atom stereocenters. The van der Waals surface area contributed by atoms with E-state index in [4.69, 9.17) is 4.74 Å². The largest absolute Gasteiger partial charge is 1.00 e. The van der Waals surface area contributed by atoms with Crippen LogP contribution < -0.4 is 17.0 Å². The first kappa shape index (κ1) is 28.3. The first-order chi connectivity index (χ1) is 14.9. The third-order valence-electron chi connectivity index (χ3n) is 5.91. The monoisotopic (exact) mass is 512 g/mol. The lowest BCUT2D eigenvalue weighted by molar-refractivity contribution is -0.920. The van der Waals surface area contributed by atoms with Crippen molar-refractivity contribution in [2.45, 2.75) is 58.4 Å². The SMILES string of the molecule is CC(=O)OCCCCCCC/C=C/C(=O)N1CCC[N+](C)(Cc2ccc(F)cc2)CC1.[Br-]. The van der Waals surface area contributed by atoms with Crippen LogP contribution in [0.5, 0.6) is 0 Å². The first-order valence-electron chi connectivity index (χ1n) is 11.5. The summed E-state index contributed by atoms with van der Waals surface area (Å²) in [6, 6.07) is 6.75. The molecule has 0 radical (unpaired) electrons. The van der Waals surface area contributed by atoms with Crippen LogP contribution in [-0.4, -0.2) is 61.1 Å². The zero-order valence-corrected chi connectivity index (χ0v) is 21.1. The van der Waals surface area contributed by atoms with Crippen molar-refractivity contribution in [2.24, 2.45) is 0 Å². The third kappa shape index (κ3) is 11.2. The number of rotatable bonds is 11. The topological polar surface area (TPSA) is 46.6 Å². The highest BCUT2D eigenvalue weighted by molar-refractivity contribution is 5.87. The van der Waals surface area contributed by atoms with E-state index in [1.807, 2.05) is 23.1 Å². The van der Waals surface area contributed by atoms with Crippen molar-refractivity contribution in [1.82, 2.24) is 4.90 Å². The Morgan fingerprint density at radius 1 is 1.06 bits per heavy atom. The summed E-state index contributed by atoms with van der Waals surface area (Å²) in [5.41, 5.74) is 1.13. The van der Waals surface area contributed by atoms with Crippen molar-refractivity contribution in [1.29, 1.82) is 0 Å². The van der Waals surface area contributed by atoms with Gasteiger partial charge in [-0.05, 0) is 37.5 Å². The minimum absolute atomic E-state index is 0. The molecule has 0 aliphatic carbocycles. The predicted molar refractivity (Wildman–Crippen MR) is 121 cm³/mol. The van der Waals surface area contributed by atoms with Crippen LogP contribution in [0.1, 0.15) is 57.4 Å². The van der Waals surface area contributed by atoms with Gasteiger partial charge in [0.1, 0.15) is 12.4 Å². The summed E-state index contributed by atoms with van der Waals surface area (Å²) in [6.45, 7) is 6.28. The maximum atomic E-state index is 13.2. The molecule has 1 aromatic rings. The molecule has 1 unspecified atom stereocenters. The highest BCUT2D eigenvalue weighted by Gasteiger charge is 2.27. The van der Waals surface area contributed by atoms with Crippen molar-refractivity contribution in [3.05, 3.63) is 47.8 Å². The second-order valence-electron chi connectivity index (χ2n) is 8.83. The van der Waals surface area contributed by atoms with E-state index < -0.39 is 0 Å². The number of ether oxygens (including phenoxy) is 1. The fourth-order valence-corrected chi connectivity index (χ4v) is 4.04. The highest BCUT2D eigenvalue weighted by atomic mass is 79.9. The number of amides is 1. The van der Waals surface area contributed by atoms with Gasteiger partial charge in [-0.15, -0.1) is 0 Å². The van der Waals surface area contributed by atoms with Gasteiger partial charge in [0.05, 0.1) is 33.3 Å². The molecule has 1 aromatic carbocycles. The van der Waals surface area contributed by atoms with Gasteiger partial charge >= 0.3 is 5.97 Å². The van der Waals surface area contributed by atoms with Crippen molar-refractivity contribution >= 4 is 11.9 Å². The van der Waals surface area contributed by atoms with Gasteiger partial charge in [0.25, 0.3) is 0 Å². The van der Waals surface area contributed by atoms with Crippen LogP contribution in [0.3, 0.4) is 0 Å². The molecule has 0 bridgehead atoms. The number of nitrogens with zero attached hydrogens (tertiary/aromatic N) is 2. The number of benzene rings is 1. The van der Waals surface area contributed by atoms with Crippen LogP contribution in [-0.2, 0) is 20.9 Å². The maximum absolute atomic E-state index is 13.2. The molecule has 7 heteroatoms. The zero-order valence-electron chi connectivity index (χ0n) is 19.5. The number of hydrogen-bond acceptors (Lipinski definition) is 3. The number of likely N-dealkylation sites (N-methyl/N-ethyl adjacent to an activating group) is 1. The molecule has 1 fully saturated rings. The van der Waals surface area contributed by atoms with Crippen LogP contribution in [0, 0.1) is 5.82 Å². The molecule has 0 spiro atoms. The average molecular weight is 513 g/mol. The zero-order chi connectivity index (χ0) is 22.5. The Hall–Kier alpha value is -1.73. The summed E-state index contributed by atoms with van der Waals surface area (Å²) in [7, 11) is 2.22. The molecular formula is C25H38BrFN2O3. The molecule has 2 rings (SSSR count). The second-order valence-corrected chi connectivity index (χ2v) is 8.83. The smallest absolute Gasteiger partial charge is 0.302 e. The van der Waals surface area contributed by atoms with Crippen LogP contribution in [0.2, 0.25) is 0 Å². The Labute approximate surface area is 203 Å². The summed E-state index contributed by atoms with van der Waals surface area (Å²) in [5, 5.41) is 0. The Balaban J connectivity index is 0.00000512. The highest BCUT2D eigenvalue weighted by Crippen LogP contribution is 2.17. The second kappa shape index (κ2) is 15.2. The normalized spacial score (nSPS) is 18.8. The predicted octanol–water partition coefficient (Wildman–Crippen LogP) is 1.47. The van der Waals surface area contributed by atoms with Crippen molar-refractivity contribution in [2.75, 3.05) is 39.8 Å². The van der Waals surface area contributed by atoms with Crippen LogP contribution >= 0.6 is 0 Å². The van der Waals surface area contributed by atoms with Gasteiger partial charge in [0, 0.05) is 25.5 Å². The number of allylic oxidation sites excluding steroid dienone is 1. The first-order valence-corrected chi connectivity index (χ1v) is 11.5. The molecule has 0 N–H and O–H groups in total. The molecule has 0 saturated carbocycles. The van der Waals surface area contributed by atoms with E-state index >= 15 is 0 Å². The third-order valence-corrected chi connectivity index (χ3v) is 5.91. The average Bonchev–Trinajstić information content (AvgIpc) is 2.92. The van der Waals surface area contributed by atoms with Gasteiger partial charge in [0.2, 0.25) is 5.91 Å². The molecule has 32 heavy (non-hydrogen) atoms. The summed E-state index contributed by atoms with van der Waals surface area (Å²) < 4.78 is 18.9. The van der Waals surface area contributed by atoms with Gasteiger partial charge in [-0.1, -0.05) is 37.5 Å². The van der Waals surface area contributed by atoms with Gasteiger partial charge in [0.15, 0.2) is 0 Å². The van der Waals surface area contributed by atoms with Crippen molar-refractivity contribution in [3.8, 4) is 0 Å². The van der Waals surface area contributed by atoms with E-state index in [1.54, 1.807) is 6.08 Å². The minimum atomic E-state index is -0.212. The molecule has 1 saturated heterocycles. The van der Waals surface area contributed by atoms with E-state index in [2.05, 4.69) is 7.05 Å². The molecule has 1 amide bonds. The Kier molecular flexibility index (Phi) is 13.4. The Morgan fingerprint density at radius 2 is 1.75 bits per heavy atom. The van der Waals surface area contributed by atoms with E-state index in [1.165, 1.54) is 19.1 Å². The van der Waals surface area contributed by atoms with Crippen LogP contribution in [0.4, 0.5) is 4.39 Å². The minimum Gasteiger partial charge on any atom is -1.00 e. The lowest BCUT2D eigenvalue weighted by Gasteiger charge is -2.33. The molecular weight excluding hydrogens is 475 g/mol. The summed E-state index contributed by atoms with van der Waals surface area (Å²) in [5.74, 6) is -0.308. The van der Waals surface area contributed by atoms with E-state index in [9.17, 15) is 14.0 Å². The Morgan fingerprint density at radius 3 is 2.47 bits per heavy atom. The van der Waals surface area contributed by atoms with E-state index in [0.29, 0.717) is 6.61 Å². The summed E-state index contributed by atoms with van der Waals surface area (Å²) >= 11 is 0. The number of unbranched alkanes of at least 4 members (excludes halogenated alkanes) is 5. The number of quaternary nitrogens is 1. The fraction of sp³-hybridized carbons (Fsp3) is 0.600. The standard InChI is InChI=1S/C25H38FN2O3.BrH/c1-22(29)31-20-9-7-5-3-4-6-8-11-25(30)27-16-10-18-28(2,19-17-27)21-23-12-14-24(26)15-13-23;/h8,11-15H,3-7,9-10,16-21H2,1-2H3;1H/q+1;/p-1/b11-8+;. The quantitative estimate of drug-likeness (QED) is 0.195. The Bertz CT molecular complexity index is 726. The number of hydrogen-bond donors (Lipinski definition) is 0. The lowest BCUT2D eigenvalue weighted by atomic mass is 10.1. The summed E-state index contributed by atoms with van der Waals surface area (Å²) in [4.78, 5) is 25.2. The molecule has 1 aliphatic heterocycles. The van der Waals surface area contributed by atoms with Crippen molar-refractivity contribution in [3.63, 3.8) is 0 Å². The van der Waals surface area contributed by atoms with Gasteiger partial charge in [-0.3, -0.25) is 9.59 Å². The van der Waals surface area contributed by atoms with E-state index in [-0.39, 0.29) is 34.7 Å². The van der Waals surface area contributed by atoms with Crippen LogP contribution in [0.15, 0.2) is 36.4 Å². The molecule has 0 aromatic heterocycles. The van der Waals surface area contributed by atoms with Gasteiger partial charge in [-0.25, -0.2) is 4.39 Å². The van der Waals surface area contributed by atoms with Crippen LogP contribution in [0.25, 0.3) is 0 Å². The van der Waals surface area contributed by atoms with Gasteiger partial charge in [-0.2, -0.15) is 0 Å². The summed E-state index contributed by atoms with van der Waals surface area (Å²) in [6.07, 6.45) is 10.9. The molecule has 1 heterocycles. The molecule has 5 nitrogen and oxygen atoms in total. The van der Waals surface area contributed by atoms with E-state index in [0.717, 1.165) is 87.7 Å². The van der Waals surface area contributed by atoms with Crippen molar-refractivity contribution < 1.29 is 40.2 Å². The lowest BCUT2D eigenvalue weighted by Crippen LogP contribution is -3.00. The number of carbonyl (C=O) groups is 2. The molecule has 1 aliphatic rings. The van der Waals surface area contributed by atoms with Gasteiger partial charge < -0.3 is 31.1 Å². The number of halogens is 2. The maximum Gasteiger partial charge on any atom is 0.302 e. The number of carbonyl (C=O) groups excluding carboxylic acids is 2.